The van der Waals surface area contributed by atoms with E-state index in [4.69, 9.17) is 5.11 Å². The van der Waals surface area contributed by atoms with Gasteiger partial charge in [0.15, 0.2) is 0 Å². The number of aryl methyl sites for hydroxylation is 3. The Morgan fingerprint density at radius 2 is 1.61 bits per heavy atom. The molecular formula is C33H44F6N8O2. The number of anilines is 2. The van der Waals surface area contributed by atoms with Gasteiger partial charge in [0, 0.05) is 31.9 Å². The number of fused-ring (bicyclic) bond motifs is 1. The number of benzene rings is 2. The van der Waals surface area contributed by atoms with E-state index in [0.717, 1.165) is 80.0 Å². The summed E-state index contributed by atoms with van der Waals surface area (Å²) in [5.41, 5.74) is 1.32. The minimum absolute atomic E-state index is 0.0126. The molecule has 270 valence electrons. The number of rotatable bonds is 9. The maximum atomic E-state index is 13.7. The second kappa shape index (κ2) is 16.2. The minimum Gasteiger partial charge on any atom is -0.395 e. The van der Waals surface area contributed by atoms with Crippen molar-refractivity contribution < 1.29 is 36.2 Å². The summed E-state index contributed by atoms with van der Waals surface area (Å²) in [5, 5.41) is 22.7. The number of aromatic nitrogens is 4. The molecule has 2 aliphatic heterocycles. The van der Waals surface area contributed by atoms with Gasteiger partial charge in [0.25, 0.3) is 5.95 Å². The number of tetrazole rings is 1. The number of hydrogen-bond donors (Lipinski definition) is 2. The van der Waals surface area contributed by atoms with Gasteiger partial charge in [-0.3, -0.25) is 4.79 Å². The minimum atomic E-state index is -4.94. The number of carbonyl (C=O) groups excluding carboxylic acids is 1. The van der Waals surface area contributed by atoms with Gasteiger partial charge in [0.1, 0.15) is 0 Å². The van der Waals surface area contributed by atoms with Gasteiger partial charge in [-0.2, -0.15) is 31.1 Å². The van der Waals surface area contributed by atoms with Crippen molar-refractivity contribution in [3.8, 4) is 0 Å². The molecule has 2 aliphatic rings. The van der Waals surface area contributed by atoms with Crippen LogP contribution in [0.2, 0.25) is 0 Å². The largest absolute Gasteiger partial charge is 0.416 e. The SMILES string of the molecule is Cc1cc(C)c2c(c1)C(N(Cc1cc(C(F)(F)F)cc(C(F)(F)F)c1)c1nnn(C)n1)CCCN2CC1CCN(C)CC1.O=CNCCO. The lowest BCUT2D eigenvalue weighted by atomic mass is 9.93. The third-order valence-corrected chi connectivity index (χ3v) is 8.84. The number of alkyl halides is 6. The Bertz CT molecular complexity index is 1510. The molecule has 1 fully saturated rings. The zero-order valence-corrected chi connectivity index (χ0v) is 28.2. The third kappa shape index (κ3) is 10.1. The number of aliphatic hydroxyl groups is 1. The molecule has 5 rings (SSSR count). The summed E-state index contributed by atoms with van der Waals surface area (Å²) in [6, 6.07) is 5.52. The molecule has 0 bridgehead atoms. The van der Waals surface area contributed by atoms with Crippen LogP contribution in [0.3, 0.4) is 0 Å². The Kier molecular flexibility index (Phi) is 12.5. The molecule has 3 aromatic rings. The number of likely N-dealkylation sites (tertiary alicyclic amines) is 1. The number of hydrogen-bond acceptors (Lipinski definition) is 8. The van der Waals surface area contributed by atoms with Crippen LogP contribution in [-0.2, 0) is 30.7 Å². The molecule has 0 radical (unpaired) electrons. The van der Waals surface area contributed by atoms with Gasteiger partial charge in [0.05, 0.1) is 30.8 Å². The number of carbonyl (C=O) groups is 1. The van der Waals surface area contributed by atoms with E-state index in [0.29, 0.717) is 25.3 Å². The topological polar surface area (TPSA) is 103 Å². The van der Waals surface area contributed by atoms with Gasteiger partial charge in [-0.1, -0.05) is 22.8 Å². The quantitative estimate of drug-likeness (QED) is 0.177. The molecule has 1 aromatic heterocycles. The van der Waals surface area contributed by atoms with E-state index < -0.39 is 29.5 Å². The average molecular weight is 699 g/mol. The number of amides is 1. The van der Waals surface area contributed by atoms with Crippen LogP contribution in [0.4, 0.5) is 38.0 Å². The summed E-state index contributed by atoms with van der Waals surface area (Å²) >= 11 is 0. The molecule has 10 nitrogen and oxygen atoms in total. The Balaban J connectivity index is 0.000000827. The zero-order chi connectivity index (χ0) is 35.9. The van der Waals surface area contributed by atoms with Crippen molar-refractivity contribution >= 4 is 18.0 Å². The summed E-state index contributed by atoms with van der Waals surface area (Å²) in [7, 11) is 3.70. The highest BCUT2D eigenvalue weighted by Gasteiger charge is 2.38. The second-order valence-corrected chi connectivity index (χ2v) is 12.8. The van der Waals surface area contributed by atoms with Gasteiger partial charge < -0.3 is 25.1 Å². The van der Waals surface area contributed by atoms with Crippen LogP contribution in [0.15, 0.2) is 30.3 Å². The zero-order valence-electron chi connectivity index (χ0n) is 28.2. The molecular weight excluding hydrogens is 654 g/mol. The summed E-state index contributed by atoms with van der Waals surface area (Å²) < 4.78 is 82.3. The summed E-state index contributed by atoms with van der Waals surface area (Å²) in [6.45, 7) is 7.93. The lowest BCUT2D eigenvalue weighted by molar-refractivity contribution is -0.143. The first-order valence-corrected chi connectivity index (χ1v) is 16.2. The second-order valence-electron chi connectivity index (χ2n) is 12.8. The number of piperidine rings is 1. The standard InChI is InChI=1S/C30H37F6N7.C3H7NO2/c1-19-12-20(2)27-25(13-19)26(6-5-9-42(27)17-21-7-10-40(3)11-8-21)43(28-37-39-41(4)38-28)18-22-14-23(29(31,32)33)16-24(15-22)30(34,35)36;5-2-1-4-3-6/h12-16,21,26H,5-11,17-18H2,1-4H3;3,5H,1-2H2,(H,4,6). The van der Waals surface area contributed by atoms with Crippen LogP contribution in [0.25, 0.3) is 0 Å². The lowest BCUT2D eigenvalue weighted by Crippen LogP contribution is -2.38. The smallest absolute Gasteiger partial charge is 0.395 e. The van der Waals surface area contributed by atoms with Crippen molar-refractivity contribution in [3.05, 3.63) is 63.7 Å². The van der Waals surface area contributed by atoms with E-state index in [1.807, 2.05) is 6.92 Å². The van der Waals surface area contributed by atoms with Crippen LogP contribution in [-0.4, -0.2) is 83.0 Å². The normalized spacial score (nSPS) is 17.5. The van der Waals surface area contributed by atoms with Crippen molar-refractivity contribution in [2.75, 3.05) is 56.2 Å². The van der Waals surface area contributed by atoms with Crippen LogP contribution < -0.4 is 15.1 Å². The Labute approximate surface area is 282 Å². The Morgan fingerprint density at radius 3 is 2.14 bits per heavy atom. The molecule has 0 aliphatic carbocycles. The van der Waals surface area contributed by atoms with Gasteiger partial charge >= 0.3 is 12.4 Å². The first-order valence-electron chi connectivity index (χ1n) is 16.2. The molecule has 16 heteroatoms. The lowest BCUT2D eigenvalue weighted by Gasteiger charge is -2.36. The molecule has 2 aromatic carbocycles. The highest BCUT2D eigenvalue weighted by Crippen LogP contribution is 2.43. The van der Waals surface area contributed by atoms with Crippen LogP contribution in [0.1, 0.15) is 65.1 Å². The molecule has 3 heterocycles. The fourth-order valence-electron chi connectivity index (χ4n) is 6.62. The van der Waals surface area contributed by atoms with Gasteiger partial charge in [-0.15, -0.1) is 5.10 Å². The van der Waals surface area contributed by atoms with Crippen molar-refractivity contribution in [1.82, 2.24) is 30.4 Å². The fraction of sp³-hybridized carbons (Fsp3) is 0.576. The van der Waals surface area contributed by atoms with E-state index in [2.05, 4.69) is 56.6 Å². The molecule has 0 spiro atoms. The maximum absolute atomic E-state index is 13.7. The van der Waals surface area contributed by atoms with Crippen molar-refractivity contribution in [2.45, 2.75) is 64.5 Å². The molecule has 1 atom stereocenters. The van der Waals surface area contributed by atoms with E-state index >= 15 is 0 Å². The first-order chi connectivity index (χ1) is 23.1. The average Bonchev–Trinajstić information content (AvgIpc) is 3.38. The molecule has 1 saturated heterocycles. The van der Waals surface area contributed by atoms with Gasteiger partial charge in [0.2, 0.25) is 6.41 Å². The summed E-state index contributed by atoms with van der Waals surface area (Å²) in [5.74, 6) is 0.678. The van der Waals surface area contributed by atoms with E-state index in [1.165, 1.54) is 4.80 Å². The number of nitrogens with one attached hydrogen (secondary N) is 1. The summed E-state index contributed by atoms with van der Waals surface area (Å²) in [4.78, 5) is 17.0. The molecule has 2 N–H and O–H groups in total. The van der Waals surface area contributed by atoms with Crippen molar-refractivity contribution in [3.63, 3.8) is 0 Å². The number of aliphatic hydroxyl groups excluding tert-OH is 1. The van der Waals surface area contributed by atoms with Gasteiger partial charge in [-0.05, 0) is 106 Å². The van der Waals surface area contributed by atoms with E-state index in [-0.39, 0.29) is 30.7 Å². The van der Waals surface area contributed by atoms with Crippen LogP contribution >= 0.6 is 0 Å². The van der Waals surface area contributed by atoms with Crippen molar-refractivity contribution in [1.29, 1.82) is 0 Å². The van der Waals surface area contributed by atoms with Gasteiger partial charge in [-0.25, -0.2) is 0 Å². The number of halogens is 6. The number of nitrogens with zero attached hydrogens (tertiary/aromatic N) is 7. The monoisotopic (exact) mass is 698 g/mol. The molecule has 49 heavy (non-hydrogen) atoms. The molecule has 1 unspecified atom stereocenters. The van der Waals surface area contributed by atoms with E-state index in [1.54, 1.807) is 11.9 Å². The highest BCUT2D eigenvalue weighted by molar-refractivity contribution is 5.64. The Hall–Kier alpha value is -3.92. The fourth-order valence-corrected chi connectivity index (χ4v) is 6.62. The third-order valence-electron chi connectivity index (χ3n) is 8.84. The molecule has 1 amide bonds. The van der Waals surface area contributed by atoms with Crippen LogP contribution in [0.5, 0.6) is 0 Å². The Morgan fingerprint density at radius 1 is 0.959 bits per heavy atom. The predicted molar refractivity (Wildman–Crippen MR) is 173 cm³/mol. The maximum Gasteiger partial charge on any atom is 0.416 e. The van der Waals surface area contributed by atoms with Crippen molar-refractivity contribution in [2.24, 2.45) is 13.0 Å². The predicted octanol–water partition coefficient (Wildman–Crippen LogP) is 5.28. The molecule has 0 saturated carbocycles. The van der Waals surface area contributed by atoms with Crippen LogP contribution in [0, 0.1) is 19.8 Å². The van der Waals surface area contributed by atoms with E-state index in [9.17, 15) is 31.1 Å². The first kappa shape index (κ1) is 37.9. The summed E-state index contributed by atoms with van der Waals surface area (Å²) in [6.07, 6.45) is -5.74. The highest BCUT2D eigenvalue weighted by atomic mass is 19.4.